The number of halogens is 3. The second kappa shape index (κ2) is 7.12. The molecule has 0 aliphatic heterocycles. The van der Waals surface area contributed by atoms with Crippen molar-refractivity contribution >= 4 is 24.8 Å². The first-order chi connectivity index (χ1) is 5.22. The lowest BCUT2D eigenvalue weighted by Gasteiger charge is -2.00. The molecule has 0 aliphatic rings. The zero-order valence-electron chi connectivity index (χ0n) is 7.31. The van der Waals surface area contributed by atoms with E-state index in [9.17, 15) is 4.39 Å². The number of hydrogen-bond donors (Lipinski definition) is 1. The van der Waals surface area contributed by atoms with Gasteiger partial charge in [0.25, 0.3) is 0 Å². The molecular formula is C7H14Cl2FN3. The van der Waals surface area contributed by atoms with Crippen LogP contribution in [0.3, 0.4) is 0 Å². The van der Waals surface area contributed by atoms with E-state index in [0.717, 1.165) is 5.56 Å². The fourth-order valence-corrected chi connectivity index (χ4v) is 0.916. The van der Waals surface area contributed by atoms with Gasteiger partial charge in [-0.3, -0.25) is 4.68 Å². The van der Waals surface area contributed by atoms with E-state index in [4.69, 9.17) is 5.73 Å². The first-order valence-corrected chi connectivity index (χ1v) is 3.54. The molecule has 2 N–H and O–H groups in total. The lowest BCUT2D eigenvalue weighted by molar-refractivity contribution is 0.340. The SMILES string of the molecule is Cl.Cl.Cn1cc(CC(F)CN)cn1. The molecule has 0 fully saturated rings. The maximum absolute atomic E-state index is 12.7. The first kappa shape index (κ1) is 15.2. The summed E-state index contributed by atoms with van der Waals surface area (Å²) in [6.45, 7) is 0.0783. The average Bonchev–Trinajstić information content (AvgIpc) is 2.35. The second-order valence-corrected chi connectivity index (χ2v) is 2.56. The van der Waals surface area contributed by atoms with Gasteiger partial charge in [0.1, 0.15) is 6.17 Å². The van der Waals surface area contributed by atoms with Gasteiger partial charge in [0, 0.05) is 26.2 Å². The monoisotopic (exact) mass is 229 g/mol. The second-order valence-electron chi connectivity index (χ2n) is 2.56. The summed E-state index contributed by atoms with van der Waals surface area (Å²) >= 11 is 0. The number of hydrogen-bond acceptors (Lipinski definition) is 2. The van der Waals surface area contributed by atoms with Crippen molar-refractivity contribution in [2.24, 2.45) is 12.8 Å². The maximum Gasteiger partial charge on any atom is 0.116 e. The van der Waals surface area contributed by atoms with Crippen molar-refractivity contribution in [2.75, 3.05) is 6.54 Å². The number of aryl methyl sites for hydroxylation is 1. The minimum Gasteiger partial charge on any atom is -0.328 e. The van der Waals surface area contributed by atoms with Gasteiger partial charge in [-0.15, -0.1) is 24.8 Å². The first-order valence-electron chi connectivity index (χ1n) is 3.54. The lowest BCUT2D eigenvalue weighted by atomic mass is 10.2. The van der Waals surface area contributed by atoms with Crippen molar-refractivity contribution in [3.05, 3.63) is 18.0 Å². The molecule has 1 rings (SSSR count). The van der Waals surface area contributed by atoms with Crippen LogP contribution in [0.5, 0.6) is 0 Å². The number of rotatable bonds is 3. The molecule has 1 heterocycles. The van der Waals surface area contributed by atoms with Crippen LogP contribution in [0.1, 0.15) is 5.56 Å². The van der Waals surface area contributed by atoms with Crippen LogP contribution in [0.2, 0.25) is 0 Å². The van der Waals surface area contributed by atoms with Gasteiger partial charge in [-0.05, 0) is 5.56 Å². The van der Waals surface area contributed by atoms with E-state index < -0.39 is 6.17 Å². The van der Waals surface area contributed by atoms with Crippen LogP contribution >= 0.6 is 24.8 Å². The highest BCUT2D eigenvalue weighted by molar-refractivity contribution is 5.85. The van der Waals surface area contributed by atoms with E-state index >= 15 is 0 Å². The Kier molecular flexibility index (Phi) is 8.30. The van der Waals surface area contributed by atoms with E-state index in [2.05, 4.69) is 5.10 Å². The van der Waals surface area contributed by atoms with Crippen molar-refractivity contribution in [2.45, 2.75) is 12.6 Å². The molecule has 0 aromatic carbocycles. The minimum atomic E-state index is -0.945. The molecule has 1 atom stereocenters. The van der Waals surface area contributed by atoms with Crippen molar-refractivity contribution in [1.82, 2.24) is 9.78 Å². The third-order valence-corrected chi connectivity index (χ3v) is 1.47. The van der Waals surface area contributed by atoms with Crippen LogP contribution in [-0.2, 0) is 13.5 Å². The highest BCUT2D eigenvalue weighted by Crippen LogP contribution is 2.02. The fourth-order valence-electron chi connectivity index (χ4n) is 0.916. The Morgan fingerprint density at radius 2 is 2.23 bits per heavy atom. The van der Waals surface area contributed by atoms with Gasteiger partial charge < -0.3 is 5.73 Å². The smallest absolute Gasteiger partial charge is 0.116 e. The van der Waals surface area contributed by atoms with E-state index in [-0.39, 0.29) is 31.4 Å². The zero-order valence-corrected chi connectivity index (χ0v) is 8.95. The van der Waals surface area contributed by atoms with Crippen molar-refractivity contribution < 1.29 is 4.39 Å². The Labute approximate surface area is 89.3 Å². The zero-order chi connectivity index (χ0) is 8.27. The summed E-state index contributed by atoms with van der Waals surface area (Å²) in [5.41, 5.74) is 6.02. The summed E-state index contributed by atoms with van der Waals surface area (Å²) in [6, 6.07) is 0. The van der Waals surface area contributed by atoms with E-state index in [1.54, 1.807) is 24.1 Å². The van der Waals surface area contributed by atoms with Crippen molar-refractivity contribution in [1.29, 1.82) is 0 Å². The number of nitrogens with zero attached hydrogens (tertiary/aromatic N) is 2. The largest absolute Gasteiger partial charge is 0.328 e. The Bertz CT molecular complexity index is 229. The summed E-state index contributed by atoms with van der Waals surface area (Å²) in [5, 5.41) is 3.91. The van der Waals surface area contributed by atoms with Crippen LogP contribution in [0.4, 0.5) is 4.39 Å². The Morgan fingerprint density at radius 3 is 2.62 bits per heavy atom. The van der Waals surface area contributed by atoms with E-state index in [1.807, 2.05) is 0 Å². The molecule has 3 nitrogen and oxygen atoms in total. The molecule has 0 radical (unpaired) electrons. The van der Waals surface area contributed by atoms with E-state index in [1.165, 1.54) is 0 Å². The molecule has 0 bridgehead atoms. The third kappa shape index (κ3) is 5.08. The number of nitrogens with two attached hydrogens (primary N) is 1. The Balaban J connectivity index is 0. The molecule has 1 aromatic heterocycles. The van der Waals surface area contributed by atoms with Crippen molar-refractivity contribution in [3.8, 4) is 0 Å². The Hall–Kier alpha value is -0.320. The van der Waals surface area contributed by atoms with Crippen LogP contribution in [0.25, 0.3) is 0 Å². The summed E-state index contributed by atoms with van der Waals surface area (Å²) in [5.74, 6) is 0. The standard InChI is InChI=1S/C7H12FN3.2ClH/c1-11-5-6(4-10-11)2-7(8)3-9;;/h4-5,7H,2-3,9H2,1H3;2*1H. The third-order valence-electron chi connectivity index (χ3n) is 1.47. The van der Waals surface area contributed by atoms with Crippen LogP contribution < -0.4 is 5.73 Å². The molecule has 1 aromatic rings. The van der Waals surface area contributed by atoms with Gasteiger partial charge in [0.05, 0.1) is 6.20 Å². The molecule has 1 unspecified atom stereocenters. The molecule has 6 heteroatoms. The molecule has 0 amide bonds. The summed E-state index contributed by atoms with van der Waals surface area (Å²) in [6.07, 6.45) is 2.87. The Morgan fingerprint density at radius 1 is 1.62 bits per heavy atom. The molecule has 0 saturated carbocycles. The van der Waals surface area contributed by atoms with Crippen LogP contribution in [0.15, 0.2) is 12.4 Å². The predicted molar refractivity (Wildman–Crippen MR) is 55.4 cm³/mol. The maximum atomic E-state index is 12.7. The van der Waals surface area contributed by atoms with Gasteiger partial charge in [0.2, 0.25) is 0 Å². The van der Waals surface area contributed by atoms with Gasteiger partial charge in [0.15, 0.2) is 0 Å². The minimum absolute atomic E-state index is 0. The van der Waals surface area contributed by atoms with Gasteiger partial charge in [-0.2, -0.15) is 5.10 Å². The fraction of sp³-hybridized carbons (Fsp3) is 0.571. The predicted octanol–water partition coefficient (Wildman–Crippen LogP) is 1.10. The van der Waals surface area contributed by atoms with Crippen LogP contribution in [-0.4, -0.2) is 22.5 Å². The van der Waals surface area contributed by atoms with Crippen molar-refractivity contribution in [3.63, 3.8) is 0 Å². The molecule has 13 heavy (non-hydrogen) atoms. The average molecular weight is 230 g/mol. The number of alkyl halides is 1. The molecule has 0 saturated heterocycles. The lowest BCUT2D eigenvalue weighted by Crippen LogP contribution is -2.17. The summed E-state index contributed by atoms with van der Waals surface area (Å²) in [7, 11) is 1.80. The number of aromatic nitrogens is 2. The normalized spacial score (nSPS) is 11.3. The summed E-state index contributed by atoms with van der Waals surface area (Å²) < 4.78 is 14.3. The molecular weight excluding hydrogens is 216 g/mol. The highest BCUT2D eigenvalue weighted by atomic mass is 35.5. The van der Waals surface area contributed by atoms with Gasteiger partial charge >= 0.3 is 0 Å². The van der Waals surface area contributed by atoms with Crippen LogP contribution in [0, 0.1) is 0 Å². The molecule has 78 valence electrons. The quantitative estimate of drug-likeness (QED) is 0.845. The van der Waals surface area contributed by atoms with Gasteiger partial charge in [-0.25, -0.2) is 4.39 Å². The van der Waals surface area contributed by atoms with Gasteiger partial charge in [-0.1, -0.05) is 0 Å². The topological polar surface area (TPSA) is 43.8 Å². The molecule has 0 aliphatic carbocycles. The van der Waals surface area contributed by atoms with E-state index in [0.29, 0.717) is 6.42 Å². The summed E-state index contributed by atoms with van der Waals surface area (Å²) in [4.78, 5) is 0. The highest BCUT2D eigenvalue weighted by Gasteiger charge is 2.05. The molecule has 0 spiro atoms.